The molecule has 0 bridgehead atoms. The van der Waals surface area contributed by atoms with Crippen molar-refractivity contribution in [3.05, 3.63) is 67.7 Å². The van der Waals surface area contributed by atoms with Crippen molar-refractivity contribution in [1.29, 1.82) is 0 Å². The molecule has 2 aromatic carbocycles. The first-order valence-electron chi connectivity index (χ1n) is 6.77. The highest BCUT2D eigenvalue weighted by atomic mass is 79.9. The van der Waals surface area contributed by atoms with Crippen molar-refractivity contribution in [3.8, 4) is 0 Å². The fourth-order valence-corrected chi connectivity index (χ4v) is 2.56. The predicted octanol–water partition coefficient (Wildman–Crippen LogP) is 4.84. The minimum Gasteiger partial charge on any atom is -0.380 e. The van der Waals surface area contributed by atoms with Gasteiger partial charge >= 0.3 is 0 Å². The highest BCUT2D eigenvalue weighted by Crippen LogP contribution is 2.30. The second-order valence-electron chi connectivity index (χ2n) is 4.90. The summed E-state index contributed by atoms with van der Waals surface area (Å²) in [6.07, 6.45) is 1.03. The Morgan fingerprint density at radius 2 is 1.81 bits per heavy atom. The molecule has 1 N–H and O–H groups in total. The lowest BCUT2D eigenvalue weighted by Gasteiger charge is -2.10. The predicted molar refractivity (Wildman–Crippen MR) is 88.7 cm³/mol. The number of nitro benzene ring substituents is 1. The van der Waals surface area contributed by atoms with Crippen LogP contribution in [0.25, 0.3) is 0 Å². The van der Waals surface area contributed by atoms with Crippen molar-refractivity contribution in [2.75, 3.05) is 5.32 Å². The Bertz CT molecular complexity index is 654. The molecular formula is C16H17BrN2O2. The topological polar surface area (TPSA) is 55.2 Å². The zero-order valence-corrected chi connectivity index (χ0v) is 13.6. The van der Waals surface area contributed by atoms with Gasteiger partial charge in [0.05, 0.1) is 4.92 Å². The minimum absolute atomic E-state index is 0.125. The summed E-state index contributed by atoms with van der Waals surface area (Å²) < 4.78 is 0.699. The molecule has 0 aromatic heterocycles. The van der Waals surface area contributed by atoms with Gasteiger partial charge in [-0.05, 0) is 46.5 Å². The monoisotopic (exact) mass is 348 g/mol. The minimum atomic E-state index is -0.368. The van der Waals surface area contributed by atoms with Gasteiger partial charge < -0.3 is 5.32 Å². The van der Waals surface area contributed by atoms with Crippen LogP contribution in [0.15, 0.2) is 40.9 Å². The second kappa shape index (κ2) is 6.72. The van der Waals surface area contributed by atoms with E-state index >= 15 is 0 Å². The molecule has 0 atom stereocenters. The van der Waals surface area contributed by atoms with Gasteiger partial charge in [-0.2, -0.15) is 0 Å². The Hall–Kier alpha value is -1.88. The van der Waals surface area contributed by atoms with E-state index in [0.29, 0.717) is 16.6 Å². The first-order valence-corrected chi connectivity index (χ1v) is 7.56. The van der Waals surface area contributed by atoms with Gasteiger partial charge in [-0.1, -0.05) is 31.2 Å². The summed E-state index contributed by atoms with van der Waals surface area (Å²) >= 11 is 3.38. The third-order valence-corrected chi connectivity index (χ3v) is 4.05. The molecule has 4 nitrogen and oxygen atoms in total. The van der Waals surface area contributed by atoms with Gasteiger partial charge in [0, 0.05) is 28.3 Å². The van der Waals surface area contributed by atoms with Crippen LogP contribution in [0.3, 0.4) is 0 Å². The molecule has 0 spiro atoms. The van der Waals surface area contributed by atoms with E-state index in [1.807, 2.05) is 0 Å². The Morgan fingerprint density at radius 3 is 2.38 bits per heavy atom. The Balaban J connectivity index is 2.12. The summed E-state index contributed by atoms with van der Waals surface area (Å²) in [5.41, 5.74) is 4.12. The highest BCUT2D eigenvalue weighted by molar-refractivity contribution is 9.10. The second-order valence-corrected chi connectivity index (χ2v) is 5.75. The molecule has 21 heavy (non-hydrogen) atoms. The first-order chi connectivity index (χ1) is 10.0. The van der Waals surface area contributed by atoms with Crippen LogP contribution in [0.5, 0.6) is 0 Å². The molecule has 0 radical (unpaired) electrons. The van der Waals surface area contributed by atoms with Crippen LogP contribution in [-0.2, 0) is 13.0 Å². The van der Waals surface area contributed by atoms with Gasteiger partial charge in [0.25, 0.3) is 5.69 Å². The van der Waals surface area contributed by atoms with E-state index in [4.69, 9.17) is 0 Å². The lowest BCUT2D eigenvalue weighted by Crippen LogP contribution is -2.02. The van der Waals surface area contributed by atoms with E-state index in [9.17, 15) is 10.1 Å². The first kappa shape index (κ1) is 15.5. The number of benzene rings is 2. The molecule has 0 saturated heterocycles. The number of aryl methyl sites for hydroxylation is 2. The summed E-state index contributed by atoms with van der Waals surface area (Å²) in [6.45, 7) is 4.55. The van der Waals surface area contributed by atoms with E-state index in [1.165, 1.54) is 17.2 Å². The zero-order valence-electron chi connectivity index (χ0n) is 12.0. The van der Waals surface area contributed by atoms with Crippen LogP contribution in [-0.4, -0.2) is 4.92 Å². The Labute approximate surface area is 132 Å². The fourth-order valence-electron chi connectivity index (χ4n) is 2.09. The van der Waals surface area contributed by atoms with Crippen LogP contribution in [0.4, 0.5) is 11.4 Å². The number of nitro groups is 1. The molecule has 5 heteroatoms. The van der Waals surface area contributed by atoms with E-state index < -0.39 is 0 Å². The van der Waals surface area contributed by atoms with E-state index in [2.05, 4.69) is 52.4 Å². The summed E-state index contributed by atoms with van der Waals surface area (Å²) in [6, 6.07) is 11.8. The average molecular weight is 349 g/mol. The molecule has 2 aromatic rings. The third-order valence-electron chi connectivity index (χ3n) is 3.40. The number of hydrogen-bond donors (Lipinski definition) is 1. The molecule has 0 heterocycles. The normalized spacial score (nSPS) is 10.4. The molecule has 0 amide bonds. The number of rotatable bonds is 5. The lowest BCUT2D eigenvalue weighted by atomic mass is 10.1. The summed E-state index contributed by atoms with van der Waals surface area (Å²) in [7, 11) is 0. The number of halogens is 1. The van der Waals surface area contributed by atoms with Crippen LogP contribution < -0.4 is 5.32 Å². The smallest absolute Gasteiger partial charge is 0.273 e. The summed E-state index contributed by atoms with van der Waals surface area (Å²) in [4.78, 5) is 10.5. The molecule has 0 saturated carbocycles. The van der Waals surface area contributed by atoms with Crippen molar-refractivity contribution in [2.45, 2.75) is 26.8 Å². The van der Waals surface area contributed by atoms with E-state index in [0.717, 1.165) is 12.1 Å². The van der Waals surface area contributed by atoms with Gasteiger partial charge in [-0.15, -0.1) is 0 Å². The summed E-state index contributed by atoms with van der Waals surface area (Å²) in [5.74, 6) is 0. The molecule has 0 fully saturated rings. The maximum Gasteiger partial charge on any atom is 0.273 e. The van der Waals surface area contributed by atoms with Crippen LogP contribution in [0.1, 0.15) is 23.6 Å². The largest absolute Gasteiger partial charge is 0.380 e. The van der Waals surface area contributed by atoms with Crippen LogP contribution in [0, 0.1) is 17.0 Å². The number of nitrogens with one attached hydrogen (secondary N) is 1. The molecule has 110 valence electrons. The molecule has 2 rings (SSSR count). The van der Waals surface area contributed by atoms with Crippen LogP contribution in [0.2, 0.25) is 0 Å². The average Bonchev–Trinajstić information content (AvgIpc) is 2.48. The van der Waals surface area contributed by atoms with Gasteiger partial charge in [0.2, 0.25) is 0 Å². The Morgan fingerprint density at radius 1 is 1.19 bits per heavy atom. The number of hydrogen-bond acceptors (Lipinski definition) is 3. The maximum absolute atomic E-state index is 10.9. The standard InChI is InChI=1S/C16H17BrN2O2/c1-3-12-4-6-13(7-5-12)10-18-15-8-11(2)16(19(20)21)9-14(15)17/h4-9,18H,3,10H2,1-2H3. The van der Waals surface area contributed by atoms with Crippen molar-refractivity contribution in [1.82, 2.24) is 0 Å². The van der Waals surface area contributed by atoms with Gasteiger partial charge in [0.15, 0.2) is 0 Å². The lowest BCUT2D eigenvalue weighted by molar-refractivity contribution is -0.385. The van der Waals surface area contributed by atoms with E-state index in [-0.39, 0.29) is 10.6 Å². The van der Waals surface area contributed by atoms with Gasteiger partial charge in [-0.3, -0.25) is 10.1 Å². The van der Waals surface area contributed by atoms with Crippen molar-refractivity contribution in [2.24, 2.45) is 0 Å². The molecule has 0 aliphatic rings. The SMILES string of the molecule is CCc1ccc(CNc2cc(C)c([N+](=O)[O-])cc2Br)cc1. The molecule has 0 aliphatic carbocycles. The van der Waals surface area contributed by atoms with Crippen LogP contribution >= 0.6 is 15.9 Å². The molecule has 0 aliphatic heterocycles. The third kappa shape index (κ3) is 3.82. The number of anilines is 1. The quantitative estimate of drug-likeness (QED) is 0.621. The van der Waals surface area contributed by atoms with Crippen molar-refractivity contribution >= 4 is 27.3 Å². The van der Waals surface area contributed by atoms with Gasteiger partial charge in [-0.25, -0.2) is 0 Å². The molecular weight excluding hydrogens is 332 g/mol. The highest BCUT2D eigenvalue weighted by Gasteiger charge is 2.13. The van der Waals surface area contributed by atoms with Crippen molar-refractivity contribution < 1.29 is 4.92 Å². The van der Waals surface area contributed by atoms with E-state index in [1.54, 1.807) is 13.0 Å². The Kier molecular flexibility index (Phi) is 4.96. The summed E-state index contributed by atoms with van der Waals surface area (Å²) in [5, 5.41) is 14.2. The maximum atomic E-state index is 10.9. The fraction of sp³-hybridized carbons (Fsp3) is 0.250. The van der Waals surface area contributed by atoms with Crippen molar-refractivity contribution in [3.63, 3.8) is 0 Å². The zero-order chi connectivity index (χ0) is 15.4. The molecule has 0 unspecified atom stereocenters. The number of nitrogens with zero attached hydrogens (tertiary/aromatic N) is 1. The van der Waals surface area contributed by atoms with Gasteiger partial charge in [0.1, 0.15) is 0 Å².